The third-order valence-corrected chi connectivity index (χ3v) is 5.53. The highest BCUT2D eigenvalue weighted by Gasteiger charge is 2.18. The molecule has 1 N–H and O–H groups in total. The second kappa shape index (κ2) is 10.9. The van der Waals surface area contributed by atoms with Crippen LogP contribution >= 0.6 is 0 Å². The summed E-state index contributed by atoms with van der Waals surface area (Å²) in [6.45, 7) is 10.2. The Balaban J connectivity index is 0.00000133. The number of aromatic nitrogens is 6. The molecule has 1 fully saturated rings. The molecular formula is C25H31N9. The highest BCUT2D eigenvalue weighted by Crippen LogP contribution is 2.25. The second-order valence-electron chi connectivity index (χ2n) is 7.96. The van der Waals surface area contributed by atoms with Crippen molar-refractivity contribution in [2.45, 2.75) is 27.3 Å². The molecule has 0 unspecified atom stereocenters. The lowest BCUT2D eigenvalue weighted by atomic mass is 10.2. The maximum Gasteiger partial charge on any atom is 0.186 e. The van der Waals surface area contributed by atoms with Gasteiger partial charge in [-0.2, -0.15) is 0 Å². The van der Waals surface area contributed by atoms with Crippen molar-refractivity contribution in [3.8, 4) is 11.4 Å². The lowest BCUT2D eigenvalue weighted by molar-refractivity contribution is 0.312. The van der Waals surface area contributed by atoms with Crippen LogP contribution in [0.3, 0.4) is 0 Å². The number of aryl methyl sites for hydroxylation is 1. The number of likely N-dealkylation sites (N-methyl/N-ethyl adjacent to an activating group) is 1. The van der Waals surface area contributed by atoms with Crippen molar-refractivity contribution in [1.82, 2.24) is 34.8 Å². The van der Waals surface area contributed by atoms with E-state index in [0.717, 1.165) is 48.9 Å². The van der Waals surface area contributed by atoms with E-state index in [1.54, 1.807) is 12.4 Å². The largest absolute Gasteiger partial charge is 0.362 e. The summed E-state index contributed by atoms with van der Waals surface area (Å²) in [6.07, 6.45) is 5.34. The average molecular weight is 458 g/mol. The van der Waals surface area contributed by atoms with Gasteiger partial charge in [0, 0.05) is 37.9 Å². The van der Waals surface area contributed by atoms with Gasteiger partial charge in [0.1, 0.15) is 5.82 Å². The molecule has 1 aliphatic heterocycles. The molecule has 0 saturated carbocycles. The monoisotopic (exact) mass is 457 g/mol. The van der Waals surface area contributed by atoms with Crippen molar-refractivity contribution in [1.29, 1.82) is 0 Å². The van der Waals surface area contributed by atoms with E-state index < -0.39 is 0 Å². The molecule has 176 valence electrons. The molecule has 1 aromatic carbocycles. The Bertz CT molecular complexity index is 1200. The Morgan fingerprint density at radius 3 is 2.32 bits per heavy atom. The first-order valence-corrected chi connectivity index (χ1v) is 11.7. The maximum atomic E-state index is 4.86. The molecule has 4 aromatic rings. The van der Waals surface area contributed by atoms with E-state index in [4.69, 9.17) is 19.9 Å². The third-order valence-electron chi connectivity index (χ3n) is 5.53. The first kappa shape index (κ1) is 23.4. The molecule has 0 bridgehead atoms. The summed E-state index contributed by atoms with van der Waals surface area (Å²) in [5.74, 6) is 2.09. The molecule has 9 nitrogen and oxygen atoms in total. The molecule has 0 amide bonds. The first-order valence-electron chi connectivity index (χ1n) is 11.7. The Kier molecular flexibility index (Phi) is 7.54. The molecule has 0 spiro atoms. The van der Waals surface area contributed by atoms with Crippen LogP contribution < -0.4 is 10.2 Å². The lowest BCUT2D eigenvalue weighted by Gasteiger charge is -2.32. The van der Waals surface area contributed by atoms with Crippen LogP contribution in [0.1, 0.15) is 25.2 Å². The molecule has 4 heterocycles. The minimum Gasteiger partial charge on any atom is -0.362 e. The van der Waals surface area contributed by atoms with E-state index in [2.05, 4.69) is 32.1 Å². The van der Waals surface area contributed by atoms with Crippen LogP contribution in [-0.4, -0.2) is 68.0 Å². The molecule has 9 heteroatoms. The van der Waals surface area contributed by atoms with Gasteiger partial charge in [-0.25, -0.2) is 19.9 Å². The van der Waals surface area contributed by atoms with Crippen LogP contribution in [0, 0.1) is 6.92 Å². The lowest BCUT2D eigenvalue weighted by Crippen LogP contribution is -2.44. The Morgan fingerprint density at radius 2 is 1.62 bits per heavy atom. The summed E-state index contributed by atoms with van der Waals surface area (Å²) in [5.41, 5.74) is 3.86. The van der Waals surface area contributed by atoms with Crippen LogP contribution in [0.5, 0.6) is 0 Å². The number of nitrogens with zero attached hydrogens (tertiary/aromatic N) is 8. The van der Waals surface area contributed by atoms with Crippen LogP contribution in [0.25, 0.3) is 22.6 Å². The summed E-state index contributed by atoms with van der Waals surface area (Å²) in [7, 11) is 2.14. The highest BCUT2D eigenvalue weighted by atomic mass is 15.3. The molecule has 0 aliphatic carbocycles. The van der Waals surface area contributed by atoms with E-state index in [-0.39, 0.29) is 0 Å². The van der Waals surface area contributed by atoms with Gasteiger partial charge < -0.3 is 15.1 Å². The van der Waals surface area contributed by atoms with Gasteiger partial charge in [-0.05, 0) is 14.0 Å². The van der Waals surface area contributed by atoms with Gasteiger partial charge in [0.2, 0.25) is 0 Å². The zero-order valence-electron chi connectivity index (χ0n) is 20.2. The highest BCUT2D eigenvalue weighted by molar-refractivity contribution is 5.85. The van der Waals surface area contributed by atoms with E-state index >= 15 is 0 Å². The van der Waals surface area contributed by atoms with Crippen LogP contribution in [0.4, 0.5) is 11.6 Å². The summed E-state index contributed by atoms with van der Waals surface area (Å²) >= 11 is 0. The molecule has 34 heavy (non-hydrogen) atoms. The standard InChI is InChI=1S/C23H25N9.C2H6/c1-16-12-25-18(13-24-16)14-27-22-20-23(30-21(29-22)17-6-4-3-5-7-17)28-19(15-26-20)32-10-8-31(2)9-11-32;1-2/h3-7,12-13,15H,8-11,14H2,1-2H3,(H,27,28,29,30);1-2H3. The fraction of sp³-hybridized carbons (Fsp3) is 0.360. The number of rotatable bonds is 5. The smallest absolute Gasteiger partial charge is 0.186 e. The summed E-state index contributed by atoms with van der Waals surface area (Å²) < 4.78 is 0. The number of benzene rings is 1. The number of piperazine rings is 1. The average Bonchev–Trinajstić information content (AvgIpc) is 2.90. The van der Waals surface area contributed by atoms with E-state index in [0.29, 0.717) is 29.4 Å². The van der Waals surface area contributed by atoms with Gasteiger partial charge in [0.15, 0.2) is 22.8 Å². The summed E-state index contributed by atoms with van der Waals surface area (Å²) in [5, 5.41) is 3.36. The Morgan fingerprint density at radius 1 is 0.853 bits per heavy atom. The minimum atomic E-state index is 0.482. The second-order valence-corrected chi connectivity index (χ2v) is 7.96. The van der Waals surface area contributed by atoms with Gasteiger partial charge in [-0.15, -0.1) is 0 Å². The molecule has 3 aromatic heterocycles. The van der Waals surface area contributed by atoms with E-state index in [1.807, 2.05) is 57.3 Å². The normalized spacial score (nSPS) is 13.9. The first-order chi connectivity index (χ1) is 16.7. The van der Waals surface area contributed by atoms with Gasteiger partial charge in [0.25, 0.3) is 0 Å². The Labute approximate surface area is 200 Å². The predicted molar refractivity (Wildman–Crippen MR) is 136 cm³/mol. The third kappa shape index (κ3) is 5.43. The number of fused-ring (bicyclic) bond motifs is 1. The van der Waals surface area contributed by atoms with Crippen molar-refractivity contribution in [2.24, 2.45) is 0 Å². The number of anilines is 2. The van der Waals surface area contributed by atoms with Crippen molar-refractivity contribution in [3.05, 3.63) is 60.3 Å². The maximum absolute atomic E-state index is 4.86. The molecule has 0 radical (unpaired) electrons. The van der Waals surface area contributed by atoms with Gasteiger partial charge in [-0.3, -0.25) is 9.97 Å². The van der Waals surface area contributed by atoms with Crippen molar-refractivity contribution < 1.29 is 0 Å². The fourth-order valence-corrected chi connectivity index (χ4v) is 3.61. The van der Waals surface area contributed by atoms with Crippen molar-refractivity contribution in [3.63, 3.8) is 0 Å². The van der Waals surface area contributed by atoms with Crippen molar-refractivity contribution >= 4 is 22.8 Å². The predicted octanol–water partition coefficient (Wildman–Crippen LogP) is 3.58. The molecule has 0 atom stereocenters. The van der Waals surface area contributed by atoms with E-state index in [1.165, 1.54) is 0 Å². The fourth-order valence-electron chi connectivity index (χ4n) is 3.61. The molecule has 1 aliphatic rings. The van der Waals surface area contributed by atoms with Gasteiger partial charge >= 0.3 is 0 Å². The zero-order chi connectivity index (χ0) is 23.9. The van der Waals surface area contributed by atoms with Crippen LogP contribution in [0.2, 0.25) is 0 Å². The van der Waals surface area contributed by atoms with Crippen LogP contribution in [-0.2, 0) is 6.54 Å². The Hall–Kier alpha value is -3.72. The summed E-state index contributed by atoms with van der Waals surface area (Å²) in [6, 6.07) is 9.92. The van der Waals surface area contributed by atoms with E-state index in [9.17, 15) is 0 Å². The number of hydrogen-bond acceptors (Lipinski definition) is 9. The van der Waals surface area contributed by atoms with Gasteiger partial charge in [-0.1, -0.05) is 44.2 Å². The number of hydrogen-bond donors (Lipinski definition) is 1. The van der Waals surface area contributed by atoms with Gasteiger partial charge in [0.05, 0.1) is 30.3 Å². The molecular weight excluding hydrogens is 426 g/mol. The quantitative estimate of drug-likeness (QED) is 0.482. The van der Waals surface area contributed by atoms with Crippen LogP contribution in [0.15, 0.2) is 48.9 Å². The zero-order valence-corrected chi connectivity index (χ0v) is 20.2. The molecule has 5 rings (SSSR count). The minimum absolute atomic E-state index is 0.482. The SMILES string of the molecule is CC.Cc1cnc(CNc2nc(-c3ccccc3)nc3nc(N4CCN(C)CC4)cnc23)cn1. The topological polar surface area (TPSA) is 95.8 Å². The summed E-state index contributed by atoms with van der Waals surface area (Å²) in [4.78, 5) is 32.4. The number of nitrogens with one attached hydrogen (secondary N) is 1. The molecule has 1 saturated heterocycles. The van der Waals surface area contributed by atoms with Crippen molar-refractivity contribution in [2.75, 3.05) is 43.4 Å².